The molecule has 0 aromatic rings. The van der Waals surface area contributed by atoms with Crippen LogP contribution in [0.4, 0.5) is 0 Å². The molecule has 364 valence electrons. The van der Waals surface area contributed by atoms with Gasteiger partial charge < -0.3 is 34.4 Å². The van der Waals surface area contributed by atoms with Crippen LogP contribution in [0.3, 0.4) is 0 Å². The summed E-state index contributed by atoms with van der Waals surface area (Å²) < 4.78 is 47.6. The second-order valence-electron chi connectivity index (χ2n) is 14.8. The topological polar surface area (TPSA) is 216 Å². The summed E-state index contributed by atoms with van der Waals surface area (Å²) in [4.78, 5) is 52.7. The summed E-state index contributed by atoms with van der Waals surface area (Å²) in [6, 6.07) is 0. The molecule has 0 saturated carbocycles. The summed E-state index contributed by atoms with van der Waals surface area (Å²) in [5.74, 6) is -1.24. The first-order valence-electron chi connectivity index (χ1n) is 22.7. The molecule has 0 aromatic carbocycles. The van der Waals surface area contributed by atoms with Crippen LogP contribution < -0.4 is 0 Å². The summed E-state index contributed by atoms with van der Waals surface area (Å²) in [7, 11) is -9.75. The van der Waals surface area contributed by atoms with Gasteiger partial charge in [0.1, 0.15) is 12.7 Å². The quantitative estimate of drug-likeness (QED) is 0.0127. The van der Waals surface area contributed by atoms with Crippen LogP contribution in [-0.4, -0.2) is 81.6 Å². The van der Waals surface area contributed by atoms with E-state index in [1.807, 2.05) is 48.6 Å². The van der Waals surface area contributed by atoms with Crippen LogP contribution >= 0.6 is 15.6 Å². The Balaban J connectivity index is 4.79. The molecule has 0 radical (unpaired) electrons. The van der Waals surface area contributed by atoms with Crippen molar-refractivity contribution in [2.75, 3.05) is 26.4 Å². The van der Waals surface area contributed by atoms with Crippen LogP contribution in [0.5, 0.6) is 0 Å². The lowest BCUT2D eigenvalue weighted by atomic mass is 10.1. The third-order valence-corrected chi connectivity index (χ3v) is 10.2. The first-order valence-corrected chi connectivity index (χ1v) is 25.7. The number of carbonyl (C=O) groups excluding carboxylic acids is 2. The van der Waals surface area contributed by atoms with Crippen LogP contribution in [0.25, 0.3) is 0 Å². The number of ether oxygens (including phenoxy) is 2. The van der Waals surface area contributed by atoms with E-state index in [1.165, 1.54) is 32.1 Å². The Hall–Kier alpha value is -3.26. The van der Waals surface area contributed by atoms with Crippen molar-refractivity contribution in [3.63, 3.8) is 0 Å². The molecule has 5 N–H and O–H groups in total. The highest BCUT2D eigenvalue weighted by molar-refractivity contribution is 7.47. The highest BCUT2D eigenvalue weighted by atomic mass is 31.2. The normalized spacial score (nSPS) is 15.4. The number of esters is 2. The van der Waals surface area contributed by atoms with Gasteiger partial charge in [-0.15, -0.1) is 0 Å². The van der Waals surface area contributed by atoms with Crippen LogP contribution in [0.15, 0.2) is 109 Å². The van der Waals surface area contributed by atoms with E-state index in [2.05, 4.69) is 71.5 Å². The van der Waals surface area contributed by atoms with Gasteiger partial charge in [0.25, 0.3) is 0 Å². The average molecular weight is 941 g/mol. The largest absolute Gasteiger partial charge is 0.472 e. The monoisotopic (exact) mass is 940 g/mol. The molecule has 0 spiro atoms. The fourth-order valence-electron chi connectivity index (χ4n) is 5.23. The molecule has 0 rings (SSSR count). The number of rotatable bonds is 41. The second-order valence-corrected chi connectivity index (χ2v) is 17.5. The van der Waals surface area contributed by atoms with E-state index in [1.54, 1.807) is 12.2 Å². The van der Waals surface area contributed by atoms with Crippen molar-refractivity contribution in [1.29, 1.82) is 0 Å². The maximum atomic E-state index is 12.7. The highest BCUT2D eigenvalue weighted by Gasteiger charge is 2.28. The van der Waals surface area contributed by atoms with Gasteiger partial charge >= 0.3 is 27.6 Å². The zero-order valence-corrected chi connectivity index (χ0v) is 40.0. The summed E-state index contributed by atoms with van der Waals surface area (Å²) in [6.45, 7) is 1.45. The van der Waals surface area contributed by atoms with E-state index in [9.17, 15) is 33.8 Å². The van der Waals surface area contributed by atoms with E-state index < -0.39 is 72.3 Å². The Labute approximate surface area is 383 Å². The Bertz CT molecular complexity index is 1560. The third kappa shape index (κ3) is 45.3. The molecule has 1 unspecified atom stereocenters. The van der Waals surface area contributed by atoms with Gasteiger partial charge in [0.05, 0.1) is 25.9 Å². The second kappa shape index (κ2) is 42.4. The number of unbranched alkanes of at least 4 members (excludes halogenated alkanes) is 7. The molecular weight excluding hydrogens is 862 g/mol. The molecule has 0 aromatic heterocycles. The first kappa shape index (κ1) is 60.7. The maximum Gasteiger partial charge on any atom is 0.472 e. The van der Waals surface area contributed by atoms with Crippen LogP contribution in [0.1, 0.15) is 136 Å². The first-order chi connectivity index (χ1) is 30.8. The molecule has 14 nitrogen and oxygen atoms in total. The molecule has 0 saturated heterocycles. The Kier molecular flexibility index (Phi) is 40.2. The van der Waals surface area contributed by atoms with Crippen LogP contribution in [0, 0.1) is 0 Å². The van der Waals surface area contributed by atoms with E-state index in [-0.39, 0.29) is 12.8 Å². The SMILES string of the molecule is CCCCC/C=C\C/C=C\C/C=C\C/C=C\C/C=C\CCC(=O)OC[C@H](COP(=O)(O)OC[C@@H](O)COP(=O)(O)O)OC(=O)CCC/C=C\C/C=C\C=C\[C@@H](O)C/C=C\CCCCC. The number of aliphatic hydroxyl groups is 2. The Morgan fingerprint density at radius 3 is 1.56 bits per heavy atom. The van der Waals surface area contributed by atoms with E-state index in [4.69, 9.17) is 23.8 Å². The lowest BCUT2D eigenvalue weighted by Gasteiger charge is -2.20. The summed E-state index contributed by atoms with van der Waals surface area (Å²) in [5, 5.41) is 19.8. The van der Waals surface area contributed by atoms with Crippen molar-refractivity contribution in [2.24, 2.45) is 0 Å². The van der Waals surface area contributed by atoms with Gasteiger partial charge in [0.15, 0.2) is 6.10 Å². The van der Waals surface area contributed by atoms with Crippen LogP contribution in [-0.2, 0) is 41.8 Å². The summed E-state index contributed by atoms with van der Waals surface area (Å²) >= 11 is 0. The summed E-state index contributed by atoms with van der Waals surface area (Å²) in [5.41, 5.74) is 0. The molecule has 0 bridgehead atoms. The number of allylic oxidation sites excluding steroid dienone is 16. The molecule has 0 aliphatic carbocycles. The molecule has 0 heterocycles. The molecule has 4 atom stereocenters. The lowest BCUT2D eigenvalue weighted by molar-refractivity contribution is -0.161. The van der Waals surface area contributed by atoms with Crippen molar-refractivity contribution < 1.29 is 66.7 Å². The Morgan fingerprint density at radius 2 is 1.00 bits per heavy atom. The molecule has 0 amide bonds. The molecule has 16 heteroatoms. The molecule has 0 aliphatic heterocycles. The smallest absolute Gasteiger partial charge is 0.462 e. The van der Waals surface area contributed by atoms with Crippen LogP contribution in [0.2, 0.25) is 0 Å². The number of hydrogen-bond donors (Lipinski definition) is 5. The summed E-state index contributed by atoms with van der Waals surface area (Å²) in [6.07, 6.45) is 48.4. The number of aliphatic hydroxyl groups excluding tert-OH is 2. The number of carbonyl (C=O) groups is 2. The zero-order chi connectivity index (χ0) is 47.4. The molecule has 0 aliphatic rings. The lowest BCUT2D eigenvalue weighted by Crippen LogP contribution is -2.29. The van der Waals surface area contributed by atoms with Crippen molar-refractivity contribution >= 4 is 27.6 Å². The number of phosphoric ester groups is 2. The minimum atomic E-state index is -4.89. The van der Waals surface area contributed by atoms with Gasteiger partial charge in [-0.2, -0.15) is 0 Å². The Morgan fingerprint density at radius 1 is 0.516 bits per heavy atom. The van der Waals surface area contributed by atoms with Gasteiger partial charge in [-0.3, -0.25) is 23.2 Å². The van der Waals surface area contributed by atoms with E-state index >= 15 is 0 Å². The highest BCUT2D eigenvalue weighted by Crippen LogP contribution is 2.43. The fraction of sp³-hybridized carbons (Fsp3) is 0.583. The minimum Gasteiger partial charge on any atom is -0.462 e. The van der Waals surface area contributed by atoms with Crippen molar-refractivity contribution in [1.82, 2.24) is 0 Å². The third-order valence-electron chi connectivity index (χ3n) is 8.72. The van der Waals surface area contributed by atoms with Crippen molar-refractivity contribution in [3.05, 3.63) is 109 Å². The van der Waals surface area contributed by atoms with Crippen molar-refractivity contribution in [2.45, 2.75) is 154 Å². The predicted molar refractivity (Wildman–Crippen MR) is 254 cm³/mol. The predicted octanol–water partition coefficient (Wildman–Crippen LogP) is 10.9. The van der Waals surface area contributed by atoms with Crippen molar-refractivity contribution in [3.8, 4) is 0 Å². The van der Waals surface area contributed by atoms with E-state index in [0.29, 0.717) is 38.5 Å². The molecule has 64 heavy (non-hydrogen) atoms. The van der Waals surface area contributed by atoms with Gasteiger partial charge in [0, 0.05) is 12.8 Å². The fourth-order valence-corrected chi connectivity index (χ4v) is 6.38. The number of hydrogen-bond acceptors (Lipinski definition) is 11. The standard InChI is InChI=1S/C48H78O14P2/c1-3-5-7-9-11-12-13-14-15-16-17-18-19-20-21-22-26-30-34-38-47(51)58-42-46(43-61-64(56,57)60-41-45(50)40-59-63(53,54)55)62-48(52)39-35-31-27-24-23-25-29-33-37-44(49)36-32-28-10-8-6-4-2/h11-12,14-15,17-18,20-21,24-30,32-33,37,44-46,49-50H,3-10,13,16,19,22-23,31,34-36,38-43H2,1-2H3,(H,56,57)(H2,53,54,55)/b12-11-,15-14-,18-17-,21-20-,27-24-,29-25-,30-26-,32-28-,37-33+/t44-,45-,46+/m0/s1. The molecular formula is C48H78O14P2. The zero-order valence-electron chi connectivity index (χ0n) is 38.2. The van der Waals surface area contributed by atoms with Gasteiger partial charge in [-0.25, -0.2) is 9.13 Å². The average Bonchev–Trinajstić information content (AvgIpc) is 3.25. The molecule has 0 fully saturated rings. The van der Waals surface area contributed by atoms with E-state index in [0.717, 1.165) is 38.5 Å². The van der Waals surface area contributed by atoms with Gasteiger partial charge in [0.2, 0.25) is 0 Å². The minimum absolute atomic E-state index is 0.00157. The maximum absolute atomic E-state index is 12.7. The van der Waals surface area contributed by atoms with Gasteiger partial charge in [-0.05, 0) is 83.5 Å². The number of phosphoric acid groups is 2. The van der Waals surface area contributed by atoms with Gasteiger partial charge in [-0.1, -0.05) is 149 Å².